The molecule has 0 fully saturated rings. The number of hydrogen-bond acceptors (Lipinski definition) is 7. The van der Waals surface area contributed by atoms with E-state index in [4.69, 9.17) is 9.52 Å². The smallest absolute Gasteiger partial charge is 0.345 e. The predicted octanol–water partition coefficient (Wildman–Crippen LogP) is 2.26. The van der Waals surface area contributed by atoms with Crippen molar-refractivity contribution in [1.29, 1.82) is 0 Å². The highest BCUT2D eigenvalue weighted by Crippen LogP contribution is 2.25. The quantitative estimate of drug-likeness (QED) is 0.638. The third-order valence-electron chi connectivity index (χ3n) is 2.29. The highest BCUT2D eigenvalue weighted by molar-refractivity contribution is 7.18. The number of thiazole rings is 1. The zero-order valence-corrected chi connectivity index (χ0v) is 10.6. The second-order valence-corrected chi connectivity index (χ2v) is 4.61. The molecule has 0 aliphatic heterocycles. The van der Waals surface area contributed by atoms with E-state index in [0.29, 0.717) is 16.7 Å². The maximum absolute atomic E-state index is 10.8. The van der Waals surface area contributed by atoms with E-state index in [-0.39, 0.29) is 17.1 Å². The van der Waals surface area contributed by atoms with E-state index in [1.807, 2.05) is 0 Å². The summed E-state index contributed by atoms with van der Waals surface area (Å²) in [5.74, 6) is -0.320. The van der Waals surface area contributed by atoms with E-state index < -0.39 is 10.9 Å². The van der Waals surface area contributed by atoms with Gasteiger partial charge in [0.05, 0.1) is 11.5 Å². The van der Waals surface area contributed by atoms with Crippen molar-refractivity contribution in [3.63, 3.8) is 0 Å². The van der Waals surface area contributed by atoms with Crippen LogP contribution in [0.1, 0.15) is 21.9 Å². The molecule has 0 aliphatic rings. The van der Waals surface area contributed by atoms with Gasteiger partial charge in [-0.1, -0.05) is 0 Å². The number of hydrogen-bond donors (Lipinski definition) is 2. The normalized spacial score (nSPS) is 10.4. The van der Waals surface area contributed by atoms with Crippen molar-refractivity contribution in [2.45, 2.75) is 13.5 Å². The molecule has 0 saturated carbocycles. The molecule has 0 unspecified atom stereocenters. The number of nitrogens with one attached hydrogen (secondary N) is 1. The molecule has 0 atom stereocenters. The molecular weight excluding hydrogens is 274 g/mol. The van der Waals surface area contributed by atoms with E-state index >= 15 is 0 Å². The second kappa shape index (κ2) is 5.06. The van der Waals surface area contributed by atoms with Gasteiger partial charge in [0, 0.05) is 0 Å². The molecule has 2 N–H and O–H groups in total. The lowest BCUT2D eigenvalue weighted by molar-refractivity contribution is -0.380. The van der Waals surface area contributed by atoms with Gasteiger partial charge in [0.15, 0.2) is 5.13 Å². The highest BCUT2D eigenvalue weighted by Gasteiger charge is 2.15. The number of carbonyl (C=O) groups is 1. The molecule has 2 heterocycles. The topological polar surface area (TPSA) is 119 Å². The number of aromatic nitrogens is 1. The number of carboxylic acids is 1. The first-order valence-electron chi connectivity index (χ1n) is 5.14. The van der Waals surface area contributed by atoms with Gasteiger partial charge in [0.1, 0.15) is 23.3 Å². The molecule has 9 heteroatoms. The number of rotatable bonds is 5. The minimum atomic E-state index is -1.06. The van der Waals surface area contributed by atoms with E-state index in [9.17, 15) is 14.9 Å². The minimum absolute atomic E-state index is 0.0654. The summed E-state index contributed by atoms with van der Waals surface area (Å²) in [7, 11) is 0. The molecule has 2 rings (SSSR count). The number of aromatic carboxylic acids is 1. The van der Waals surface area contributed by atoms with Gasteiger partial charge in [0.2, 0.25) is 0 Å². The van der Waals surface area contributed by atoms with E-state index in [1.165, 1.54) is 6.07 Å². The van der Waals surface area contributed by atoms with Crippen LogP contribution in [0, 0.1) is 17.0 Å². The minimum Gasteiger partial charge on any atom is -0.478 e. The van der Waals surface area contributed by atoms with Gasteiger partial charge in [-0.05, 0) is 24.3 Å². The Labute approximate surface area is 110 Å². The highest BCUT2D eigenvalue weighted by atomic mass is 32.1. The van der Waals surface area contributed by atoms with Crippen LogP contribution in [-0.4, -0.2) is 21.0 Å². The van der Waals surface area contributed by atoms with Crippen LogP contribution in [0.3, 0.4) is 0 Å². The number of aryl methyl sites for hydroxylation is 1. The van der Waals surface area contributed by atoms with Gasteiger partial charge in [-0.3, -0.25) is 10.1 Å². The maximum Gasteiger partial charge on any atom is 0.345 e. The standard InChI is InChI=1S/C10H9N3O5S/c1-5-7(9(14)15)2-6(18-5)3-11-10-12-4-8(19-10)13(16)17/h2,4H,3H2,1H3,(H,11,12)(H,14,15). The summed E-state index contributed by atoms with van der Waals surface area (Å²) in [4.78, 5) is 24.6. The molecule has 0 aromatic carbocycles. The predicted molar refractivity (Wildman–Crippen MR) is 66.5 cm³/mol. The van der Waals surface area contributed by atoms with Crippen LogP contribution in [0.15, 0.2) is 16.7 Å². The number of nitrogens with zero attached hydrogens (tertiary/aromatic N) is 2. The van der Waals surface area contributed by atoms with Crippen LogP contribution in [0.25, 0.3) is 0 Å². The number of anilines is 1. The first-order valence-corrected chi connectivity index (χ1v) is 5.95. The summed E-state index contributed by atoms with van der Waals surface area (Å²) in [5.41, 5.74) is 0.0990. The second-order valence-electron chi connectivity index (χ2n) is 3.60. The SMILES string of the molecule is Cc1oc(CNc2ncc([N+](=O)[O-])s2)cc1C(=O)O. The van der Waals surface area contributed by atoms with Crippen molar-refractivity contribution in [1.82, 2.24) is 4.98 Å². The lowest BCUT2D eigenvalue weighted by atomic mass is 10.2. The van der Waals surface area contributed by atoms with Crippen LogP contribution < -0.4 is 5.32 Å². The van der Waals surface area contributed by atoms with Gasteiger partial charge in [-0.2, -0.15) is 0 Å². The zero-order valence-electron chi connectivity index (χ0n) is 9.74. The third-order valence-corrected chi connectivity index (χ3v) is 3.19. The Balaban J connectivity index is 2.03. The molecular formula is C10H9N3O5S. The molecule has 0 spiro atoms. The Hall–Kier alpha value is -2.42. The zero-order chi connectivity index (χ0) is 14.0. The molecule has 100 valence electrons. The van der Waals surface area contributed by atoms with E-state index in [2.05, 4.69) is 10.3 Å². The molecule has 0 radical (unpaired) electrons. The van der Waals surface area contributed by atoms with Crippen molar-refractivity contribution < 1.29 is 19.2 Å². The average molecular weight is 283 g/mol. The number of nitro groups is 1. The Morgan fingerprint density at radius 1 is 1.68 bits per heavy atom. The van der Waals surface area contributed by atoms with E-state index in [1.54, 1.807) is 6.92 Å². The molecule has 2 aromatic heterocycles. The summed E-state index contributed by atoms with van der Waals surface area (Å²) >= 11 is 0.898. The van der Waals surface area contributed by atoms with Crippen LogP contribution in [0.5, 0.6) is 0 Å². The molecule has 0 saturated heterocycles. The first kappa shape index (κ1) is 13.0. The lowest BCUT2D eigenvalue weighted by Gasteiger charge is -1.97. The van der Waals surface area contributed by atoms with Crippen LogP contribution in [-0.2, 0) is 6.54 Å². The molecule has 19 heavy (non-hydrogen) atoms. The average Bonchev–Trinajstić information content (AvgIpc) is 2.92. The van der Waals surface area contributed by atoms with Gasteiger partial charge < -0.3 is 14.8 Å². The fourth-order valence-electron chi connectivity index (χ4n) is 1.44. The molecule has 0 aliphatic carbocycles. The van der Waals surface area contributed by atoms with Crippen molar-refractivity contribution in [3.8, 4) is 0 Å². The molecule has 8 nitrogen and oxygen atoms in total. The fraction of sp³-hybridized carbons (Fsp3) is 0.200. The fourth-order valence-corrected chi connectivity index (χ4v) is 2.07. The number of carboxylic acid groups (broad SMARTS) is 1. The third kappa shape index (κ3) is 2.88. The van der Waals surface area contributed by atoms with Gasteiger partial charge in [0.25, 0.3) is 0 Å². The Morgan fingerprint density at radius 3 is 2.95 bits per heavy atom. The van der Waals surface area contributed by atoms with Gasteiger partial charge >= 0.3 is 11.0 Å². The Kier molecular flexibility index (Phi) is 3.47. The molecule has 2 aromatic rings. The molecule has 0 amide bonds. The largest absolute Gasteiger partial charge is 0.478 e. The lowest BCUT2D eigenvalue weighted by Crippen LogP contribution is -1.97. The first-order chi connectivity index (χ1) is 8.97. The van der Waals surface area contributed by atoms with Crippen molar-refractivity contribution in [2.24, 2.45) is 0 Å². The van der Waals surface area contributed by atoms with Crippen molar-refractivity contribution in [3.05, 3.63) is 39.5 Å². The summed E-state index contributed by atoms with van der Waals surface area (Å²) in [6.07, 6.45) is 1.16. The maximum atomic E-state index is 10.8. The summed E-state index contributed by atoms with van der Waals surface area (Å²) in [6, 6.07) is 1.41. The van der Waals surface area contributed by atoms with Crippen LogP contribution >= 0.6 is 11.3 Å². The number of furan rings is 1. The summed E-state index contributed by atoms with van der Waals surface area (Å²) < 4.78 is 5.25. The van der Waals surface area contributed by atoms with Crippen molar-refractivity contribution >= 4 is 27.4 Å². The summed E-state index contributed by atoms with van der Waals surface area (Å²) in [5, 5.41) is 22.5. The Morgan fingerprint density at radius 2 is 2.42 bits per heavy atom. The monoisotopic (exact) mass is 283 g/mol. The Bertz CT molecular complexity index is 633. The van der Waals surface area contributed by atoms with Gasteiger partial charge in [-0.15, -0.1) is 0 Å². The van der Waals surface area contributed by atoms with Crippen LogP contribution in [0.2, 0.25) is 0 Å². The van der Waals surface area contributed by atoms with Crippen LogP contribution in [0.4, 0.5) is 10.1 Å². The van der Waals surface area contributed by atoms with Crippen molar-refractivity contribution in [2.75, 3.05) is 5.32 Å². The van der Waals surface area contributed by atoms with Gasteiger partial charge in [-0.25, -0.2) is 9.78 Å². The molecule has 0 bridgehead atoms. The summed E-state index contributed by atoms with van der Waals surface area (Å²) in [6.45, 7) is 1.76. The van der Waals surface area contributed by atoms with E-state index in [0.717, 1.165) is 17.5 Å².